The van der Waals surface area contributed by atoms with E-state index in [2.05, 4.69) is 4.98 Å². The van der Waals surface area contributed by atoms with Crippen LogP contribution in [0, 0.1) is 0 Å². The molecule has 1 aliphatic rings. The molecule has 0 saturated carbocycles. The van der Waals surface area contributed by atoms with E-state index in [1.807, 2.05) is 29.6 Å². The normalized spacial score (nSPS) is 14.2. The zero-order valence-electron chi connectivity index (χ0n) is 15.3. The average Bonchev–Trinajstić information content (AvgIpc) is 3.45. The summed E-state index contributed by atoms with van der Waals surface area (Å²) in [6, 6.07) is 11.0. The first-order valence-electron chi connectivity index (χ1n) is 8.87. The molecule has 0 bridgehead atoms. The number of oxazole rings is 1. The van der Waals surface area contributed by atoms with Crippen LogP contribution in [0.25, 0.3) is 11.3 Å². The van der Waals surface area contributed by atoms with Crippen LogP contribution in [0.5, 0.6) is 5.75 Å². The zero-order chi connectivity index (χ0) is 19.5. The number of rotatable bonds is 4. The van der Waals surface area contributed by atoms with Gasteiger partial charge in [-0.3, -0.25) is 9.59 Å². The highest BCUT2D eigenvalue weighted by Crippen LogP contribution is 2.26. The molecule has 144 valence electrons. The predicted molar refractivity (Wildman–Crippen MR) is 105 cm³/mol. The van der Waals surface area contributed by atoms with Gasteiger partial charge in [-0.1, -0.05) is 6.07 Å². The van der Waals surface area contributed by atoms with Crippen LogP contribution in [-0.4, -0.2) is 59.9 Å². The van der Waals surface area contributed by atoms with Gasteiger partial charge in [-0.25, -0.2) is 4.98 Å². The summed E-state index contributed by atoms with van der Waals surface area (Å²) in [6.07, 6.45) is 1.28. The van der Waals surface area contributed by atoms with Crippen molar-refractivity contribution in [1.29, 1.82) is 0 Å². The third kappa shape index (κ3) is 3.50. The molecular weight excluding hydrogens is 378 g/mol. The molecule has 0 spiro atoms. The number of carbonyl (C=O) groups excluding carboxylic acids is 2. The number of nitrogens with zero attached hydrogens (tertiary/aromatic N) is 3. The largest absolute Gasteiger partial charge is 0.497 e. The Morgan fingerprint density at radius 3 is 2.32 bits per heavy atom. The maximum absolute atomic E-state index is 13.0. The second-order valence-corrected chi connectivity index (χ2v) is 7.27. The van der Waals surface area contributed by atoms with Gasteiger partial charge in [-0.05, 0) is 35.7 Å². The Hall–Kier alpha value is -3.13. The highest BCUT2D eigenvalue weighted by atomic mass is 32.1. The molecule has 3 aromatic rings. The Balaban J connectivity index is 1.45. The molecule has 2 amide bonds. The van der Waals surface area contributed by atoms with Crippen molar-refractivity contribution < 1.29 is 18.7 Å². The van der Waals surface area contributed by atoms with Gasteiger partial charge in [0.1, 0.15) is 5.75 Å². The number of carbonyl (C=O) groups is 2. The van der Waals surface area contributed by atoms with Crippen LogP contribution in [0.2, 0.25) is 0 Å². The molecule has 0 aliphatic carbocycles. The molecule has 8 heteroatoms. The second-order valence-electron chi connectivity index (χ2n) is 6.32. The summed E-state index contributed by atoms with van der Waals surface area (Å²) in [7, 11) is 1.60. The van der Waals surface area contributed by atoms with Crippen LogP contribution in [0.1, 0.15) is 20.2 Å². The van der Waals surface area contributed by atoms with Crippen molar-refractivity contribution in [2.75, 3.05) is 33.3 Å². The highest BCUT2D eigenvalue weighted by Gasteiger charge is 2.29. The highest BCUT2D eigenvalue weighted by molar-refractivity contribution is 7.12. The molecule has 7 nitrogen and oxygen atoms in total. The summed E-state index contributed by atoms with van der Waals surface area (Å²) in [5, 5.41) is 1.89. The van der Waals surface area contributed by atoms with Crippen molar-refractivity contribution >= 4 is 23.2 Å². The summed E-state index contributed by atoms with van der Waals surface area (Å²) < 4.78 is 10.6. The van der Waals surface area contributed by atoms with Gasteiger partial charge in [0.25, 0.3) is 11.8 Å². The molecule has 1 aromatic carbocycles. The number of hydrogen-bond acceptors (Lipinski definition) is 6. The van der Waals surface area contributed by atoms with E-state index in [0.29, 0.717) is 31.9 Å². The first kappa shape index (κ1) is 18.2. The molecule has 1 fully saturated rings. The molecule has 1 saturated heterocycles. The second kappa shape index (κ2) is 7.85. The Bertz CT molecular complexity index is 958. The molecule has 0 atom stereocenters. The lowest BCUT2D eigenvalue weighted by Gasteiger charge is -2.34. The summed E-state index contributed by atoms with van der Waals surface area (Å²) in [5.74, 6) is 0.984. The summed E-state index contributed by atoms with van der Waals surface area (Å²) in [6.45, 7) is 1.92. The molecule has 2 aromatic heterocycles. The molecule has 3 heterocycles. The lowest BCUT2D eigenvalue weighted by Crippen LogP contribution is -2.50. The Morgan fingerprint density at radius 2 is 1.71 bits per heavy atom. The van der Waals surface area contributed by atoms with Crippen molar-refractivity contribution in [3.8, 4) is 17.1 Å². The van der Waals surface area contributed by atoms with Crippen molar-refractivity contribution in [3.05, 3.63) is 58.7 Å². The van der Waals surface area contributed by atoms with Gasteiger partial charge >= 0.3 is 0 Å². The first-order valence-corrected chi connectivity index (χ1v) is 9.75. The third-order valence-electron chi connectivity index (χ3n) is 4.71. The summed E-state index contributed by atoms with van der Waals surface area (Å²) >= 11 is 1.43. The van der Waals surface area contributed by atoms with E-state index in [1.54, 1.807) is 29.0 Å². The fourth-order valence-corrected chi connectivity index (χ4v) is 3.85. The van der Waals surface area contributed by atoms with Gasteiger partial charge in [0.15, 0.2) is 17.8 Å². The fraction of sp³-hybridized carbons (Fsp3) is 0.250. The van der Waals surface area contributed by atoms with E-state index in [1.165, 1.54) is 17.7 Å². The molecule has 0 unspecified atom stereocenters. The van der Waals surface area contributed by atoms with Gasteiger partial charge in [0.2, 0.25) is 0 Å². The van der Waals surface area contributed by atoms with Gasteiger partial charge in [0, 0.05) is 31.7 Å². The molecule has 28 heavy (non-hydrogen) atoms. The van der Waals surface area contributed by atoms with Crippen molar-refractivity contribution in [2.24, 2.45) is 0 Å². The number of benzene rings is 1. The number of piperazine rings is 1. The van der Waals surface area contributed by atoms with Crippen LogP contribution >= 0.6 is 11.3 Å². The topological polar surface area (TPSA) is 75.9 Å². The van der Waals surface area contributed by atoms with E-state index in [0.717, 1.165) is 16.2 Å². The minimum atomic E-state index is -0.192. The van der Waals surface area contributed by atoms with E-state index < -0.39 is 0 Å². The number of methoxy groups -OCH3 is 1. The number of hydrogen-bond donors (Lipinski definition) is 0. The predicted octanol–water partition coefficient (Wildman–Crippen LogP) is 3.01. The van der Waals surface area contributed by atoms with E-state index >= 15 is 0 Å². The maximum Gasteiger partial charge on any atom is 0.276 e. The number of ether oxygens (including phenoxy) is 1. The molecular formula is C20H19N3O4S. The van der Waals surface area contributed by atoms with E-state index in [-0.39, 0.29) is 17.5 Å². The maximum atomic E-state index is 13.0. The molecule has 1 aliphatic heterocycles. The van der Waals surface area contributed by atoms with Crippen molar-refractivity contribution in [2.45, 2.75) is 0 Å². The minimum absolute atomic E-state index is 0.0162. The van der Waals surface area contributed by atoms with E-state index in [9.17, 15) is 9.59 Å². The summed E-state index contributed by atoms with van der Waals surface area (Å²) in [5.41, 5.74) is 1.04. The van der Waals surface area contributed by atoms with Crippen LogP contribution in [-0.2, 0) is 0 Å². The summed E-state index contributed by atoms with van der Waals surface area (Å²) in [4.78, 5) is 33.8. The lowest BCUT2D eigenvalue weighted by molar-refractivity contribution is 0.0535. The SMILES string of the molecule is COc1ccc(-c2ocnc2C(=O)N2CCN(C(=O)c3cccs3)CC2)cc1. The van der Waals surface area contributed by atoms with Crippen LogP contribution in [0.4, 0.5) is 0 Å². The Labute approximate surface area is 166 Å². The molecule has 0 N–H and O–H groups in total. The van der Waals surface area contributed by atoms with Gasteiger partial charge < -0.3 is 19.0 Å². The Morgan fingerprint density at radius 1 is 1.04 bits per heavy atom. The van der Waals surface area contributed by atoms with Crippen LogP contribution in [0.15, 0.2) is 52.6 Å². The quantitative estimate of drug-likeness (QED) is 0.676. The average molecular weight is 397 g/mol. The lowest BCUT2D eigenvalue weighted by atomic mass is 10.1. The minimum Gasteiger partial charge on any atom is -0.497 e. The first-order chi connectivity index (χ1) is 13.7. The van der Waals surface area contributed by atoms with Crippen molar-refractivity contribution in [3.63, 3.8) is 0 Å². The standard InChI is InChI=1S/C20H19N3O4S/c1-26-15-6-4-14(5-7-15)18-17(21-13-27-18)20(25)23-10-8-22(9-11-23)19(24)16-3-2-12-28-16/h2-7,12-13H,8-11H2,1H3. The molecule has 0 radical (unpaired) electrons. The number of amides is 2. The monoisotopic (exact) mass is 397 g/mol. The van der Waals surface area contributed by atoms with Crippen LogP contribution in [0.3, 0.4) is 0 Å². The Kier molecular flexibility index (Phi) is 5.12. The number of aromatic nitrogens is 1. The third-order valence-corrected chi connectivity index (χ3v) is 5.57. The van der Waals surface area contributed by atoms with Gasteiger partial charge in [-0.2, -0.15) is 0 Å². The smallest absolute Gasteiger partial charge is 0.276 e. The van der Waals surface area contributed by atoms with E-state index in [4.69, 9.17) is 9.15 Å². The van der Waals surface area contributed by atoms with Crippen LogP contribution < -0.4 is 4.74 Å². The van der Waals surface area contributed by atoms with Gasteiger partial charge in [-0.15, -0.1) is 11.3 Å². The van der Waals surface area contributed by atoms with Gasteiger partial charge in [0.05, 0.1) is 12.0 Å². The zero-order valence-corrected chi connectivity index (χ0v) is 16.1. The fourth-order valence-electron chi connectivity index (χ4n) is 3.16. The van der Waals surface area contributed by atoms with Crippen molar-refractivity contribution in [1.82, 2.24) is 14.8 Å². The number of thiophene rings is 1. The molecule has 4 rings (SSSR count).